The second kappa shape index (κ2) is 8.12. The molecule has 1 atom stereocenters. The normalized spacial score (nSPS) is 11.5. The van der Waals surface area contributed by atoms with Gasteiger partial charge in [-0.3, -0.25) is 4.79 Å². The number of ether oxygens (including phenoxy) is 1. The molecule has 2 rings (SSSR count). The van der Waals surface area contributed by atoms with E-state index >= 15 is 0 Å². The topological polar surface area (TPSA) is 87.7 Å². The molecule has 0 aliphatic carbocycles. The Kier molecular flexibility index (Phi) is 5.92. The summed E-state index contributed by atoms with van der Waals surface area (Å²) >= 11 is 0. The van der Waals surface area contributed by atoms with Gasteiger partial charge >= 0.3 is 6.03 Å². The highest BCUT2D eigenvalue weighted by Crippen LogP contribution is 2.24. The number of methoxy groups -OCH3 is 1. The number of rotatable bonds is 6. The average Bonchev–Trinajstić information content (AvgIpc) is 2.60. The van der Waals surface area contributed by atoms with Crippen LogP contribution in [0.4, 0.5) is 10.5 Å². The van der Waals surface area contributed by atoms with E-state index in [1.807, 2.05) is 0 Å². The Hall–Kier alpha value is -2.86. The van der Waals surface area contributed by atoms with Crippen LogP contribution in [0.25, 0.3) is 0 Å². The van der Waals surface area contributed by atoms with E-state index in [9.17, 15) is 14.7 Å². The highest BCUT2D eigenvalue weighted by molar-refractivity contribution is 5.95. The molecule has 6 nitrogen and oxygen atoms in total. The standard InChI is InChI=1S/C18H20N2O4/c1-12(21)13-7-9-14(10-8-13)20-18(23)19-11-16(22)15-5-3-4-6-17(15)24-2/h3-10,16,22H,11H2,1-2H3,(H2,19,20,23)/t16-/m1/s1. The minimum absolute atomic E-state index is 0.0362. The first kappa shape index (κ1) is 17.5. The fourth-order valence-corrected chi connectivity index (χ4v) is 2.20. The number of para-hydroxylation sites is 1. The molecular weight excluding hydrogens is 308 g/mol. The van der Waals surface area contributed by atoms with Gasteiger partial charge in [-0.25, -0.2) is 4.79 Å². The van der Waals surface area contributed by atoms with Gasteiger partial charge in [-0.1, -0.05) is 18.2 Å². The van der Waals surface area contributed by atoms with Gasteiger partial charge in [-0.2, -0.15) is 0 Å². The molecule has 0 bridgehead atoms. The fourth-order valence-electron chi connectivity index (χ4n) is 2.20. The molecule has 0 saturated heterocycles. The lowest BCUT2D eigenvalue weighted by molar-refractivity contribution is 0.101. The summed E-state index contributed by atoms with van der Waals surface area (Å²) in [6.45, 7) is 1.52. The monoisotopic (exact) mass is 328 g/mol. The van der Waals surface area contributed by atoms with Crippen molar-refractivity contribution < 1.29 is 19.4 Å². The molecule has 24 heavy (non-hydrogen) atoms. The smallest absolute Gasteiger partial charge is 0.319 e. The van der Waals surface area contributed by atoms with Crippen LogP contribution >= 0.6 is 0 Å². The Morgan fingerprint density at radius 2 is 1.79 bits per heavy atom. The van der Waals surface area contributed by atoms with Crippen LogP contribution in [0.15, 0.2) is 48.5 Å². The third-order valence-electron chi connectivity index (χ3n) is 3.50. The number of urea groups is 1. The molecule has 0 radical (unpaired) electrons. The van der Waals surface area contributed by atoms with Gasteiger partial charge < -0.3 is 20.5 Å². The molecule has 0 aliphatic heterocycles. The highest BCUT2D eigenvalue weighted by atomic mass is 16.5. The number of Topliss-reactive ketones (excluding diaryl/α,β-unsaturated/α-hetero) is 1. The number of benzene rings is 2. The van der Waals surface area contributed by atoms with Crippen LogP contribution in [0, 0.1) is 0 Å². The largest absolute Gasteiger partial charge is 0.496 e. The predicted octanol–water partition coefficient (Wildman–Crippen LogP) is 2.75. The van der Waals surface area contributed by atoms with Crippen LogP contribution in [-0.2, 0) is 0 Å². The summed E-state index contributed by atoms with van der Waals surface area (Å²) in [5.41, 5.74) is 1.74. The first-order chi connectivity index (χ1) is 11.5. The minimum atomic E-state index is -0.882. The van der Waals surface area contributed by atoms with Crippen LogP contribution in [-0.4, -0.2) is 30.6 Å². The molecule has 2 amide bonds. The van der Waals surface area contributed by atoms with Gasteiger partial charge in [0.1, 0.15) is 5.75 Å². The molecule has 126 valence electrons. The number of carbonyl (C=O) groups is 2. The van der Waals surface area contributed by atoms with Crippen molar-refractivity contribution in [1.29, 1.82) is 0 Å². The summed E-state index contributed by atoms with van der Waals surface area (Å²) in [6.07, 6.45) is -0.882. The van der Waals surface area contributed by atoms with E-state index in [-0.39, 0.29) is 12.3 Å². The van der Waals surface area contributed by atoms with E-state index in [0.717, 1.165) is 0 Å². The SMILES string of the molecule is COc1ccccc1[C@H](O)CNC(=O)Nc1ccc(C(C)=O)cc1. The molecule has 0 spiro atoms. The zero-order valence-electron chi connectivity index (χ0n) is 13.6. The Labute approximate surface area is 140 Å². The van der Waals surface area contributed by atoms with E-state index in [1.165, 1.54) is 14.0 Å². The van der Waals surface area contributed by atoms with Crippen molar-refractivity contribution >= 4 is 17.5 Å². The molecule has 3 N–H and O–H groups in total. The maximum absolute atomic E-state index is 11.9. The van der Waals surface area contributed by atoms with Gasteiger partial charge in [0.2, 0.25) is 0 Å². The number of hydrogen-bond acceptors (Lipinski definition) is 4. The van der Waals surface area contributed by atoms with Crippen LogP contribution in [0.5, 0.6) is 5.75 Å². The lowest BCUT2D eigenvalue weighted by atomic mass is 10.1. The van der Waals surface area contributed by atoms with Crippen LogP contribution < -0.4 is 15.4 Å². The van der Waals surface area contributed by atoms with Gasteiger partial charge in [0.05, 0.1) is 13.2 Å². The first-order valence-electron chi connectivity index (χ1n) is 7.48. The number of hydrogen-bond donors (Lipinski definition) is 3. The van der Waals surface area contributed by atoms with Crippen molar-refractivity contribution in [3.8, 4) is 5.75 Å². The fraction of sp³-hybridized carbons (Fsp3) is 0.222. The van der Waals surface area contributed by atoms with Gasteiger partial charge in [-0.05, 0) is 37.3 Å². The molecule has 6 heteroatoms. The zero-order valence-corrected chi connectivity index (χ0v) is 13.6. The highest BCUT2D eigenvalue weighted by Gasteiger charge is 2.13. The number of amides is 2. The summed E-state index contributed by atoms with van der Waals surface area (Å²) in [5.74, 6) is 0.526. The lowest BCUT2D eigenvalue weighted by Crippen LogP contribution is -2.32. The second-order valence-electron chi connectivity index (χ2n) is 5.23. The van der Waals surface area contributed by atoms with E-state index in [0.29, 0.717) is 22.6 Å². The third kappa shape index (κ3) is 4.57. The van der Waals surface area contributed by atoms with Crippen molar-refractivity contribution in [3.05, 3.63) is 59.7 Å². The molecule has 2 aromatic carbocycles. The number of carbonyl (C=O) groups excluding carboxylic acids is 2. The van der Waals surface area contributed by atoms with Crippen LogP contribution in [0.3, 0.4) is 0 Å². The van der Waals surface area contributed by atoms with Crippen molar-refractivity contribution in [2.75, 3.05) is 19.0 Å². The second-order valence-corrected chi connectivity index (χ2v) is 5.23. The first-order valence-corrected chi connectivity index (χ1v) is 7.48. The van der Waals surface area contributed by atoms with Gasteiger partial charge in [0.25, 0.3) is 0 Å². The van der Waals surface area contributed by atoms with E-state index in [4.69, 9.17) is 4.74 Å². The molecule has 0 heterocycles. The Morgan fingerprint density at radius 1 is 1.12 bits per heavy atom. The molecular formula is C18H20N2O4. The predicted molar refractivity (Wildman–Crippen MR) is 91.4 cm³/mol. The molecule has 0 saturated carbocycles. The number of anilines is 1. The van der Waals surface area contributed by atoms with Crippen molar-refractivity contribution in [3.63, 3.8) is 0 Å². The zero-order chi connectivity index (χ0) is 17.5. The molecule has 2 aromatic rings. The van der Waals surface area contributed by atoms with Crippen molar-refractivity contribution in [2.45, 2.75) is 13.0 Å². The Bertz CT molecular complexity index is 713. The van der Waals surface area contributed by atoms with E-state index < -0.39 is 12.1 Å². The number of nitrogens with one attached hydrogen (secondary N) is 2. The van der Waals surface area contributed by atoms with E-state index in [1.54, 1.807) is 48.5 Å². The van der Waals surface area contributed by atoms with Gasteiger partial charge in [0, 0.05) is 23.4 Å². The number of ketones is 1. The number of aliphatic hydroxyl groups is 1. The molecule has 0 aliphatic rings. The minimum Gasteiger partial charge on any atom is -0.496 e. The molecule has 0 unspecified atom stereocenters. The quantitative estimate of drug-likeness (QED) is 0.712. The molecule has 0 aromatic heterocycles. The third-order valence-corrected chi connectivity index (χ3v) is 3.50. The van der Waals surface area contributed by atoms with Crippen LogP contribution in [0.1, 0.15) is 28.9 Å². The summed E-state index contributed by atoms with van der Waals surface area (Å²) < 4.78 is 5.18. The maximum atomic E-state index is 11.9. The lowest BCUT2D eigenvalue weighted by Gasteiger charge is -2.15. The maximum Gasteiger partial charge on any atom is 0.319 e. The van der Waals surface area contributed by atoms with E-state index in [2.05, 4.69) is 10.6 Å². The van der Waals surface area contributed by atoms with Gasteiger partial charge in [0.15, 0.2) is 5.78 Å². The van der Waals surface area contributed by atoms with Crippen LogP contribution in [0.2, 0.25) is 0 Å². The number of aliphatic hydroxyl groups excluding tert-OH is 1. The summed E-state index contributed by atoms with van der Waals surface area (Å²) in [5, 5.41) is 15.4. The summed E-state index contributed by atoms with van der Waals surface area (Å²) in [7, 11) is 1.52. The van der Waals surface area contributed by atoms with Gasteiger partial charge in [-0.15, -0.1) is 0 Å². The Balaban J connectivity index is 1.89. The van der Waals surface area contributed by atoms with Crippen molar-refractivity contribution in [2.24, 2.45) is 0 Å². The Morgan fingerprint density at radius 3 is 2.42 bits per heavy atom. The summed E-state index contributed by atoms with van der Waals surface area (Å²) in [4.78, 5) is 23.1. The summed E-state index contributed by atoms with van der Waals surface area (Å²) in [6, 6.07) is 13.2. The van der Waals surface area contributed by atoms with Crippen molar-refractivity contribution in [1.82, 2.24) is 5.32 Å². The average molecular weight is 328 g/mol. The molecule has 0 fully saturated rings.